The van der Waals surface area contributed by atoms with Gasteiger partial charge in [0.25, 0.3) is 7.37 Å². The van der Waals surface area contributed by atoms with Crippen molar-refractivity contribution in [3.8, 4) is 5.75 Å². The highest BCUT2D eigenvalue weighted by molar-refractivity contribution is 7.67. The summed E-state index contributed by atoms with van der Waals surface area (Å²) in [6.07, 6.45) is 0. The lowest BCUT2D eigenvalue weighted by molar-refractivity contribution is 0.227. The largest absolute Gasteiger partial charge is 0.497 e. The predicted octanol–water partition coefficient (Wildman–Crippen LogP) is 4.66. The van der Waals surface area contributed by atoms with E-state index in [4.69, 9.17) is 9.26 Å². The molecule has 0 unspecified atom stereocenters. The van der Waals surface area contributed by atoms with E-state index < -0.39 is 13.2 Å². The topological polar surface area (TPSA) is 47.6 Å². The van der Waals surface area contributed by atoms with Gasteiger partial charge in [-0.15, -0.1) is 0 Å². The monoisotopic (exact) mass is 379 g/mol. The summed E-state index contributed by atoms with van der Waals surface area (Å²) in [4.78, 5) is 0. The number of methoxy groups -OCH3 is 1. The van der Waals surface area contributed by atoms with Crippen molar-refractivity contribution < 1.29 is 13.8 Å². The first-order valence-corrected chi connectivity index (χ1v) is 10.6. The molecule has 1 aliphatic rings. The molecule has 1 aliphatic heterocycles. The van der Waals surface area contributed by atoms with Crippen LogP contribution in [0.4, 0.5) is 0 Å². The molecule has 4 nitrogen and oxygen atoms in total. The molecular weight excluding hydrogens is 357 g/mol. The average molecular weight is 379 g/mol. The van der Waals surface area contributed by atoms with Gasteiger partial charge in [-0.2, -0.15) is 0 Å². The minimum Gasteiger partial charge on any atom is -0.497 e. The molecule has 138 valence electrons. The van der Waals surface area contributed by atoms with Gasteiger partial charge in [-0.3, -0.25) is 9.88 Å². The van der Waals surface area contributed by atoms with Gasteiger partial charge in [0.2, 0.25) is 0 Å². The first kappa shape index (κ1) is 18.0. The van der Waals surface area contributed by atoms with Gasteiger partial charge in [-0.05, 0) is 35.4 Å². The third-order valence-corrected chi connectivity index (χ3v) is 7.56. The van der Waals surface area contributed by atoms with Crippen LogP contribution < -0.4 is 15.4 Å². The van der Waals surface area contributed by atoms with Crippen LogP contribution in [0.5, 0.6) is 5.75 Å². The van der Waals surface area contributed by atoms with Crippen molar-refractivity contribution in [2.24, 2.45) is 0 Å². The quantitative estimate of drug-likeness (QED) is 0.670. The van der Waals surface area contributed by atoms with E-state index in [1.807, 2.05) is 72.8 Å². The Morgan fingerprint density at radius 2 is 1.48 bits per heavy atom. The van der Waals surface area contributed by atoms with E-state index in [9.17, 15) is 4.57 Å². The molecule has 1 N–H and O–H groups in total. The zero-order valence-electron chi connectivity index (χ0n) is 15.1. The second-order valence-corrected chi connectivity index (χ2v) is 9.02. The number of rotatable bonds is 4. The Kier molecular flexibility index (Phi) is 5.13. The van der Waals surface area contributed by atoms with E-state index in [0.29, 0.717) is 11.9 Å². The maximum atomic E-state index is 14.0. The first-order valence-electron chi connectivity index (χ1n) is 8.95. The molecule has 0 radical (unpaired) electrons. The van der Waals surface area contributed by atoms with Gasteiger partial charge in [0.1, 0.15) is 11.5 Å². The third-order valence-electron chi connectivity index (χ3n) is 4.88. The maximum absolute atomic E-state index is 14.0. The Morgan fingerprint density at radius 1 is 0.889 bits per heavy atom. The lowest BCUT2D eigenvalue weighted by atomic mass is 10.1. The van der Waals surface area contributed by atoms with Gasteiger partial charge in [0.15, 0.2) is 0 Å². The summed E-state index contributed by atoms with van der Waals surface area (Å²) >= 11 is 0. The van der Waals surface area contributed by atoms with E-state index in [1.54, 1.807) is 7.11 Å². The highest BCUT2D eigenvalue weighted by Crippen LogP contribution is 2.61. The lowest BCUT2D eigenvalue weighted by Gasteiger charge is -2.38. The predicted molar refractivity (Wildman–Crippen MR) is 108 cm³/mol. The number of ether oxygens (including phenoxy) is 1. The highest BCUT2D eigenvalue weighted by Gasteiger charge is 2.43. The highest BCUT2D eigenvalue weighted by atomic mass is 31.2. The molecule has 4 rings (SSSR count). The van der Waals surface area contributed by atoms with Crippen molar-refractivity contribution in [2.75, 3.05) is 13.7 Å². The zero-order valence-corrected chi connectivity index (χ0v) is 16.0. The van der Waals surface area contributed by atoms with Gasteiger partial charge in [-0.25, -0.2) is 0 Å². The summed E-state index contributed by atoms with van der Waals surface area (Å²) in [5, 5.41) is 4.28. The fraction of sp³-hybridized carbons (Fsp3) is 0.182. The van der Waals surface area contributed by atoms with Crippen LogP contribution in [-0.2, 0) is 9.09 Å². The van der Waals surface area contributed by atoms with Gasteiger partial charge in [-0.1, -0.05) is 60.7 Å². The van der Waals surface area contributed by atoms with E-state index in [2.05, 4.69) is 17.4 Å². The molecule has 3 atom stereocenters. The first-order chi connectivity index (χ1) is 13.2. The van der Waals surface area contributed by atoms with Crippen LogP contribution in [0.15, 0.2) is 84.9 Å². The number of hydrogen-bond acceptors (Lipinski definition) is 4. The minimum absolute atomic E-state index is 0.0169. The Bertz CT molecular complexity index is 929. The van der Waals surface area contributed by atoms with Crippen LogP contribution in [0.3, 0.4) is 0 Å². The third kappa shape index (κ3) is 3.57. The Labute approximate surface area is 159 Å². The number of benzene rings is 3. The fourth-order valence-electron chi connectivity index (χ4n) is 3.42. The summed E-state index contributed by atoms with van der Waals surface area (Å²) in [5.74, 6) is 0.319. The lowest BCUT2D eigenvalue weighted by Crippen LogP contribution is -2.37. The second kappa shape index (κ2) is 7.69. The zero-order chi connectivity index (χ0) is 18.7. The molecule has 0 amide bonds. The molecule has 1 heterocycles. The fourth-order valence-corrected chi connectivity index (χ4v) is 5.89. The van der Waals surface area contributed by atoms with Gasteiger partial charge in [0.05, 0.1) is 19.8 Å². The van der Waals surface area contributed by atoms with Crippen molar-refractivity contribution >= 4 is 12.7 Å². The SMILES string of the molecule is COc1ccc([P@]2(=O)OC[C@H](c3ccccc3)N[C@@H]2c2ccccc2)cc1. The standard InChI is InChI=1S/C22H22NO3P/c1-25-19-12-14-20(15-13-19)27(24)22(18-10-6-3-7-11-18)23-21(16-26-27)17-8-4-2-5-9-17/h2-15,21-23H,16H2,1H3/t21-,22+,27+/m1/s1. The van der Waals surface area contributed by atoms with Crippen molar-refractivity contribution in [1.29, 1.82) is 0 Å². The summed E-state index contributed by atoms with van der Waals surface area (Å²) in [5.41, 5.74) is 2.08. The smallest absolute Gasteiger partial charge is 0.253 e. The normalized spacial score (nSPS) is 25.1. The average Bonchev–Trinajstić information content (AvgIpc) is 2.75. The van der Waals surface area contributed by atoms with Crippen molar-refractivity contribution in [1.82, 2.24) is 5.32 Å². The summed E-state index contributed by atoms with van der Waals surface area (Å²) < 4.78 is 25.4. The minimum atomic E-state index is -3.15. The summed E-state index contributed by atoms with van der Waals surface area (Å²) in [6.45, 7) is 0.358. The molecule has 0 saturated carbocycles. The Balaban J connectivity index is 1.73. The number of nitrogens with one attached hydrogen (secondary N) is 1. The summed E-state index contributed by atoms with van der Waals surface area (Å²) in [6, 6.07) is 27.3. The molecule has 1 fully saturated rings. The summed E-state index contributed by atoms with van der Waals surface area (Å²) in [7, 11) is -1.53. The second-order valence-electron chi connectivity index (χ2n) is 6.53. The van der Waals surface area contributed by atoms with E-state index in [1.165, 1.54) is 0 Å². The molecule has 0 spiro atoms. The molecular formula is C22H22NO3P. The van der Waals surface area contributed by atoms with Crippen molar-refractivity contribution in [2.45, 2.75) is 11.8 Å². The van der Waals surface area contributed by atoms with Crippen LogP contribution in [0.2, 0.25) is 0 Å². The Morgan fingerprint density at radius 3 is 2.07 bits per heavy atom. The van der Waals surface area contributed by atoms with Gasteiger partial charge >= 0.3 is 0 Å². The molecule has 0 aliphatic carbocycles. The van der Waals surface area contributed by atoms with E-state index in [-0.39, 0.29) is 6.04 Å². The molecule has 5 heteroatoms. The number of hydrogen-bond donors (Lipinski definition) is 1. The molecule has 3 aromatic carbocycles. The molecule has 3 aromatic rings. The Hall–Kier alpha value is -2.39. The van der Waals surface area contributed by atoms with Crippen LogP contribution in [0.25, 0.3) is 0 Å². The molecule has 27 heavy (non-hydrogen) atoms. The van der Waals surface area contributed by atoms with Crippen LogP contribution >= 0.6 is 7.37 Å². The van der Waals surface area contributed by atoms with E-state index in [0.717, 1.165) is 16.9 Å². The van der Waals surface area contributed by atoms with Gasteiger partial charge in [0, 0.05) is 5.30 Å². The van der Waals surface area contributed by atoms with Crippen LogP contribution in [-0.4, -0.2) is 13.7 Å². The maximum Gasteiger partial charge on any atom is 0.253 e. The molecule has 0 bridgehead atoms. The molecule has 0 aromatic heterocycles. The van der Waals surface area contributed by atoms with Crippen LogP contribution in [0, 0.1) is 0 Å². The van der Waals surface area contributed by atoms with E-state index >= 15 is 0 Å². The van der Waals surface area contributed by atoms with Crippen molar-refractivity contribution in [3.63, 3.8) is 0 Å². The van der Waals surface area contributed by atoms with Crippen molar-refractivity contribution in [3.05, 3.63) is 96.1 Å². The molecule has 1 saturated heterocycles. The van der Waals surface area contributed by atoms with Gasteiger partial charge < -0.3 is 9.26 Å². The van der Waals surface area contributed by atoms with Crippen LogP contribution in [0.1, 0.15) is 23.0 Å².